The standard InChI is InChI=1S/C18H28N2O/c1-12(14-7-19-8-14)15(21)20-18-6-13-4-16(2,10-18)9-17(3,5-13)11-18/h13,19H,4-11H2,1-3H3,(H,20,21). The van der Waals surface area contributed by atoms with Gasteiger partial charge in [-0.05, 0) is 67.8 Å². The van der Waals surface area contributed by atoms with Crippen LogP contribution < -0.4 is 10.6 Å². The van der Waals surface area contributed by atoms with Crippen molar-refractivity contribution in [1.82, 2.24) is 10.6 Å². The van der Waals surface area contributed by atoms with Gasteiger partial charge in [0.25, 0.3) is 0 Å². The van der Waals surface area contributed by atoms with Crippen molar-refractivity contribution in [3.63, 3.8) is 0 Å². The number of rotatable bonds is 2. The number of nitrogens with one attached hydrogen (secondary N) is 2. The minimum atomic E-state index is 0.0823. The smallest absolute Gasteiger partial charge is 0.247 e. The summed E-state index contributed by atoms with van der Waals surface area (Å²) in [6, 6.07) is 0. The predicted octanol–water partition coefficient (Wildman–Crippen LogP) is 2.77. The molecule has 116 valence electrons. The molecule has 5 aliphatic rings. The fourth-order valence-electron chi connectivity index (χ4n) is 6.60. The highest BCUT2D eigenvalue weighted by Crippen LogP contribution is 2.66. The maximum absolute atomic E-state index is 12.7. The molecule has 0 radical (unpaired) electrons. The maximum Gasteiger partial charge on any atom is 0.247 e. The van der Waals surface area contributed by atoms with Crippen LogP contribution in [0.2, 0.25) is 0 Å². The first-order valence-corrected chi connectivity index (χ1v) is 8.53. The van der Waals surface area contributed by atoms with Gasteiger partial charge in [-0.3, -0.25) is 4.79 Å². The van der Waals surface area contributed by atoms with Gasteiger partial charge in [-0.25, -0.2) is 0 Å². The van der Waals surface area contributed by atoms with E-state index in [1.54, 1.807) is 0 Å². The van der Waals surface area contributed by atoms with Gasteiger partial charge in [0.2, 0.25) is 5.91 Å². The van der Waals surface area contributed by atoms with Crippen LogP contribution in [-0.4, -0.2) is 24.5 Å². The fraction of sp³-hybridized carbons (Fsp3) is 0.833. The van der Waals surface area contributed by atoms with Gasteiger partial charge in [0.1, 0.15) is 0 Å². The third-order valence-electron chi connectivity index (χ3n) is 6.55. The average molecular weight is 288 g/mol. The van der Waals surface area contributed by atoms with E-state index < -0.39 is 0 Å². The van der Waals surface area contributed by atoms with Gasteiger partial charge >= 0.3 is 0 Å². The van der Waals surface area contributed by atoms with Crippen LogP contribution in [0.15, 0.2) is 11.1 Å². The first-order chi connectivity index (χ1) is 9.81. The van der Waals surface area contributed by atoms with Crippen molar-refractivity contribution in [2.24, 2.45) is 16.7 Å². The summed E-state index contributed by atoms with van der Waals surface area (Å²) in [6.07, 6.45) is 7.72. The van der Waals surface area contributed by atoms with Crippen LogP contribution in [0.1, 0.15) is 59.3 Å². The van der Waals surface area contributed by atoms with E-state index in [1.165, 1.54) is 44.1 Å². The zero-order valence-corrected chi connectivity index (χ0v) is 13.6. The molecular weight excluding hydrogens is 260 g/mol. The maximum atomic E-state index is 12.7. The Balaban J connectivity index is 1.58. The lowest BCUT2D eigenvalue weighted by atomic mass is 9.43. The number of amides is 1. The van der Waals surface area contributed by atoms with Gasteiger partial charge in [0, 0.05) is 24.2 Å². The number of hydrogen-bond acceptors (Lipinski definition) is 2. The molecule has 21 heavy (non-hydrogen) atoms. The molecule has 5 fully saturated rings. The molecule has 0 aromatic rings. The van der Waals surface area contributed by atoms with Crippen molar-refractivity contribution in [3.05, 3.63) is 11.1 Å². The molecule has 1 heterocycles. The minimum Gasteiger partial charge on any atom is -0.347 e. The topological polar surface area (TPSA) is 41.1 Å². The third-order valence-corrected chi connectivity index (χ3v) is 6.55. The molecule has 2 N–H and O–H groups in total. The van der Waals surface area contributed by atoms with Crippen LogP contribution in [0, 0.1) is 16.7 Å². The van der Waals surface area contributed by atoms with Gasteiger partial charge in [0.05, 0.1) is 0 Å². The van der Waals surface area contributed by atoms with Crippen molar-refractivity contribution in [2.45, 2.75) is 64.8 Å². The molecule has 4 saturated carbocycles. The highest BCUT2D eigenvalue weighted by molar-refractivity contribution is 5.94. The zero-order valence-electron chi connectivity index (χ0n) is 13.6. The summed E-state index contributed by atoms with van der Waals surface area (Å²) in [7, 11) is 0. The van der Waals surface area contributed by atoms with E-state index in [-0.39, 0.29) is 11.4 Å². The number of carbonyl (C=O) groups excluding carboxylic acids is 1. The molecule has 2 unspecified atom stereocenters. The van der Waals surface area contributed by atoms with Gasteiger partial charge in [-0.2, -0.15) is 0 Å². The summed E-state index contributed by atoms with van der Waals surface area (Å²) < 4.78 is 0. The van der Waals surface area contributed by atoms with E-state index in [1.807, 2.05) is 6.92 Å². The zero-order chi connectivity index (χ0) is 14.9. The van der Waals surface area contributed by atoms with E-state index in [4.69, 9.17) is 0 Å². The van der Waals surface area contributed by atoms with Crippen molar-refractivity contribution in [1.29, 1.82) is 0 Å². The summed E-state index contributed by atoms with van der Waals surface area (Å²) in [5.74, 6) is 1.02. The SMILES string of the molecule is CC(C(=O)NC12CC3CC(C)(CC(C)(C3)C1)C2)=C1CNC1. The van der Waals surface area contributed by atoms with Gasteiger partial charge < -0.3 is 10.6 Å². The second-order valence-electron chi connectivity index (χ2n) is 9.20. The van der Waals surface area contributed by atoms with E-state index in [9.17, 15) is 4.79 Å². The molecule has 5 rings (SSSR count). The summed E-state index contributed by atoms with van der Waals surface area (Å²) in [5.41, 5.74) is 3.24. The fourth-order valence-corrected chi connectivity index (χ4v) is 6.60. The van der Waals surface area contributed by atoms with Gasteiger partial charge in [-0.1, -0.05) is 13.8 Å². The molecule has 0 aromatic heterocycles. The molecule has 3 nitrogen and oxygen atoms in total. The molecule has 0 spiro atoms. The summed E-state index contributed by atoms with van der Waals surface area (Å²) in [4.78, 5) is 12.7. The highest BCUT2D eigenvalue weighted by atomic mass is 16.1. The quantitative estimate of drug-likeness (QED) is 0.767. The second-order valence-corrected chi connectivity index (χ2v) is 9.20. The Hall–Kier alpha value is -0.830. The molecule has 1 aliphatic heterocycles. The first kappa shape index (κ1) is 13.8. The molecule has 1 saturated heterocycles. The van der Waals surface area contributed by atoms with Crippen LogP contribution in [-0.2, 0) is 4.79 Å². The molecule has 0 aromatic carbocycles. The van der Waals surface area contributed by atoms with Gasteiger partial charge in [-0.15, -0.1) is 0 Å². The Kier molecular flexibility index (Phi) is 2.71. The molecule has 2 atom stereocenters. The number of hydrogen-bond donors (Lipinski definition) is 2. The molecule has 1 amide bonds. The predicted molar refractivity (Wildman–Crippen MR) is 83.8 cm³/mol. The van der Waals surface area contributed by atoms with Crippen LogP contribution in [0.5, 0.6) is 0 Å². The van der Waals surface area contributed by atoms with Gasteiger partial charge in [0.15, 0.2) is 0 Å². The largest absolute Gasteiger partial charge is 0.347 e. The van der Waals surface area contributed by atoms with Crippen LogP contribution in [0.25, 0.3) is 0 Å². The summed E-state index contributed by atoms with van der Waals surface area (Å²) in [5, 5.41) is 6.73. The minimum absolute atomic E-state index is 0.0823. The number of carbonyl (C=O) groups is 1. The van der Waals surface area contributed by atoms with E-state index in [0.29, 0.717) is 10.8 Å². The van der Waals surface area contributed by atoms with E-state index >= 15 is 0 Å². The first-order valence-electron chi connectivity index (χ1n) is 8.53. The molecule has 3 heteroatoms. The van der Waals surface area contributed by atoms with Crippen molar-refractivity contribution in [2.75, 3.05) is 13.1 Å². The Bertz CT molecular complexity index is 511. The van der Waals surface area contributed by atoms with Crippen LogP contribution in [0.3, 0.4) is 0 Å². The van der Waals surface area contributed by atoms with Crippen molar-refractivity contribution < 1.29 is 4.79 Å². The van der Waals surface area contributed by atoms with Crippen LogP contribution in [0.4, 0.5) is 0 Å². The monoisotopic (exact) mass is 288 g/mol. The van der Waals surface area contributed by atoms with E-state index in [0.717, 1.165) is 24.6 Å². The Morgan fingerprint density at radius 1 is 1.10 bits per heavy atom. The second kappa shape index (κ2) is 4.13. The normalized spacial score (nSPS) is 47.2. The lowest BCUT2D eigenvalue weighted by Gasteiger charge is -2.65. The molecule has 4 aliphatic carbocycles. The van der Waals surface area contributed by atoms with Crippen LogP contribution >= 0.6 is 0 Å². The lowest BCUT2D eigenvalue weighted by Crippen LogP contribution is -2.65. The lowest BCUT2D eigenvalue weighted by molar-refractivity contribution is -0.137. The Morgan fingerprint density at radius 3 is 2.19 bits per heavy atom. The Morgan fingerprint density at radius 2 is 1.71 bits per heavy atom. The average Bonchev–Trinajstić information content (AvgIpc) is 2.19. The molecular formula is C18H28N2O. The molecule has 4 bridgehead atoms. The van der Waals surface area contributed by atoms with Crippen molar-refractivity contribution >= 4 is 5.91 Å². The highest BCUT2D eigenvalue weighted by Gasteiger charge is 2.60. The van der Waals surface area contributed by atoms with E-state index in [2.05, 4.69) is 24.5 Å². The summed E-state index contributed by atoms with van der Waals surface area (Å²) in [6.45, 7) is 8.69. The Labute approximate surface area is 127 Å². The summed E-state index contributed by atoms with van der Waals surface area (Å²) >= 11 is 0. The third kappa shape index (κ3) is 2.16. The van der Waals surface area contributed by atoms with Crippen molar-refractivity contribution in [3.8, 4) is 0 Å².